The number of fused-ring (bicyclic) bond motifs is 1. The molecule has 0 radical (unpaired) electrons. The van der Waals surface area contributed by atoms with Gasteiger partial charge in [0.05, 0.1) is 40.3 Å². The van der Waals surface area contributed by atoms with E-state index in [1.54, 1.807) is 7.05 Å². The van der Waals surface area contributed by atoms with Crippen molar-refractivity contribution in [1.29, 1.82) is 0 Å². The third-order valence-electron chi connectivity index (χ3n) is 8.12. The number of rotatable bonds is 11. The first-order valence-electron chi connectivity index (χ1n) is 13.9. The number of esters is 2. The summed E-state index contributed by atoms with van der Waals surface area (Å²) in [6, 6.07) is 3.43. The minimum absolute atomic E-state index is 0.0536. The maximum Gasteiger partial charge on any atom is 0.363 e. The number of amides is 2. The highest BCUT2D eigenvalue weighted by Gasteiger charge is 2.60. The number of nitro groups is 1. The Hall–Kier alpha value is -3.38. The van der Waals surface area contributed by atoms with Crippen LogP contribution in [-0.4, -0.2) is 120 Å². The summed E-state index contributed by atoms with van der Waals surface area (Å²) >= 11 is 1.30. The van der Waals surface area contributed by atoms with E-state index in [-0.39, 0.29) is 46.3 Å². The highest BCUT2D eigenvalue weighted by atomic mass is 32.2. The number of aliphatic hydroxyl groups excluding tert-OH is 1. The average Bonchev–Trinajstić information content (AvgIpc) is 3.42. The number of thioether (sulfide) groups is 1. The molecule has 15 nitrogen and oxygen atoms in total. The lowest BCUT2D eigenvalue weighted by Crippen LogP contribution is -2.63. The number of nitro benzene ring substituents is 1. The molecule has 2 amide bonds. The molecule has 17 heteroatoms. The van der Waals surface area contributed by atoms with Crippen LogP contribution in [0.4, 0.5) is 5.69 Å². The predicted octanol–water partition coefficient (Wildman–Crippen LogP) is 0.161. The van der Waals surface area contributed by atoms with Crippen LogP contribution in [0.25, 0.3) is 0 Å². The van der Waals surface area contributed by atoms with Gasteiger partial charge < -0.3 is 20.1 Å². The zero-order chi connectivity index (χ0) is 32.7. The lowest BCUT2D eigenvalue weighted by molar-refractivity contribution is -0.384. The summed E-state index contributed by atoms with van der Waals surface area (Å²) in [4.78, 5) is 66.0. The zero-order valence-electron chi connectivity index (χ0n) is 24.8. The Morgan fingerprint density at radius 1 is 1.23 bits per heavy atom. The van der Waals surface area contributed by atoms with Crippen LogP contribution in [0.5, 0.6) is 0 Å². The van der Waals surface area contributed by atoms with Gasteiger partial charge in [0.1, 0.15) is 5.70 Å². The van der Waals surface area contributed by atoms with Crippen LogP contribution >= 0.6 is 11.8 Å². The number of non-ortho nitro benzene ring substituents is 1. The summed E-state index contributed by atoms with van der Waals surface area (Å²) in [6.45, 7) is 3.69. The number of aliphatic hydroxyl groups is 1. The Bertz CT molecular complexity index is 1490. The molecule has 0 aliphatic carbocycles. The lowest BCUT2D eigenvalue weighted by atomic mass is 9.79. The Kier molecular flexibility index (Phi) is 9.84. The van der Waals surface area contributed by atoms with Crippen molar-refractivity contribution in [1.82, 2.24) is 19.4 Å². The number of likely N-dealkylation sites (tertiary alicyclic amines) is 1. The summed E-state index contributed by atoms with van der Waals surface area (Å²) in [7, 11) is 1.11. The van der Waals surface area contributed by atoms with E-state index in [0.29, 0.717) is 17.9 Å². The molecule has 0 aromatic heterocycles. The first kappa shape index (κ1) is 33.5. The summed E-state index contributed by atoms with van der Waals surface area (Å²) in [6.07, 6.45) is -0.608. The predicted molar refractivity (Wildman–Crippen MR) is 158 cm³/mol. The molecule has 2 N–H and O–H groups in total. The molecule has 1 aromatic carbocycles. The van der Waals surface area contributed by atoms with E-state index in [9.17, 15) is 42.8 Å². The average molecular weight is 654 g/mol. The molecule has 240 valence electrons. The van der Waals surface area contributed by atoms with Gasteiger partial charge in [0.15, 0.2) is 0 Å². The van der Waals surface area contributed by atoms with E-state index in [1.807, 2.05) is 11.8 Å². The second kappa shape index (κ2) is 12.9. The maximum atomic E-state index is 13.4. The van der Waals surface area contributed by atoms with Crippen molar-refractivity contribution in [2.24, 2.45) is 11.8 Å². The maximum absolute atomic E-state index is 13.4. The number of carbonyl (C=O) groups excluding carboxylic acids is 4. The van der Waals surface area contributed by atoms with Crippen molar-refractivity contribution in [3.05, 3.63) is 50.5 Å². The van der Waals surface area contributed by atoms with Gasteiger partial charge in [0.2, 0.25) is 21.8 Å². The second-order valence-electron chi connectivity index (χ2n) is 11.3. The fraction of sp³-hybridized carbons (Fsp3) is 0.556. The van der Waals surface area contributed by atoms with Gasteiger partial charge in [-0.25, -0.2) is 22.3 Å². The Labute approximate surface area is 258 Å². The van der Waals surface area contributed by atoms with Crippen LogP contribution in [0.2, 0.25) is 0 Å². The van der Waals surface area contributed by atoms with Crippen LogP contribution in [0, 0.1) is 22.0 Å². The quantitative estimate of drug-likeness (QED) is 0.108. The van der Waals surface area contributed by atoms with Gasteiger partial charge in [0, 0.05) is 55.4 Å². The topological polar surface area (TPSA) is 197 Å². The highest BCUT2D eigenvalue weighted by Crippen LogP contribution is 2.52. The minimum atomic E-state index is -3.48. The number of hydrogen-bond acceptors (Lipinski definition) is 12. The molecule has 3 aliphatic rings. The van der Waals surface area contributed by atoms with Crippen molar-refractivity contribution in [3.8, 4) is 0 Å². The minimum Gasteiger partial charge on any atom is -0.393 e. The molecule has 3 heterocycles. The van der Waals surface area contributed by atoms with Crippen LogP contribution in [0.1, 0.15) is 30.6 Å². The van der Waals surface area contributed by atoms with Gasteiger partial charge in [-0.15, -0.1) is 11.8 Å². The van der Waals surface area contributed by atoms with Crippen molar-refractivity contribution in [2.75, 3.05) is 40.0 Å². The van der Waals surface area contributed by atoms with E-state index in [0.717, 1.165) is 28.6 Å². The molecule has 6 atom stereocenters. The van der Waals surface area contributed by atoms with Gasteiger partial charge in [-0.3, -0.25) is 24.6 Å². The standard InChI is InChI=1S/C27H35N5O10S2/c1-14-21-20(15(2)33)25(35)31(21)22(27(37)42-26(36)16-6-8-17(9-7-16)32(38)39)23(14)43-18-12-19(30(5)13-18)24(34)28-10-11-44(40,41)29(3)4/h6-9,14-15,18-21,33H,10-13H2,1-5H3,(H,28,34)/t14-,15-,18+,19+,20-,21-/m1/s1. The number of hydrogen-bond donors (Lipinski definition) is 2. The van der Waals surface area contributed by atoms with E-state index >= 15 is 0 Å². The zero-order valence-corrected chi connectivity index (χ0v) is 26.5. The number of likely N-dealkylation sites (N-methyl/N-ethyl adjacent to an activating group) is 1. The Morgan fingerprint density at radius 3 is 2.43 bits per heavy atom. The summed E-state index contributed by atoms with van der Waals surface area (Å²) < 4.78 is 30.3. The number of benzene rings is 1. The summed E-state index contributed by atoms with van der Waals surface area (Å²) in [5.41, 5.74) is -0.443. The largest absolute Gasteiger partial charge is 0.393 e. The Balaban J connectivity index is 1.51. The van der Waals surface area contributed by atoms with Gasteiger partial charge in [0.25, 0.3) is 5.69 Å². The van der Waals surface area contributed by atoms with Crippen molar-refractivity contribution >= 4 is 51.2 Å². The van der Waals surface area contributed by atoms with Gasteiger partial charge in [-0.05, 0) is 32.5 Å². The summed E-state index contributed by atoms with van der Waals surface area (Å²) in [5.74, 6) is -4.31. The van der Waals surface area contributed by atoms with E-state index < -0.39 is 56.9 Å². The second-order valence-corrected chi connectivity index (χ2v) is 14.9. The molecule has 0 bridgehead atoms. The first-order chi connectivity index (χ1) is 20.5. The monoisotopic (exact) mass is 653 g/mol. The SMILES string of the molecule is C[C@@H](O)[C@H]1C(=O)N2C(C(=O)OC(=O)c3ccc([N+](=O)[O-])cc3)=C(S[C@H]3C[C@@H](C(=O)NCCS(=O)(=O)N(C)C)N(C)C3)[C@H](C)[C@H]12. The van der Waals surface area contributed by atoms with E-state index in [1.165, 1.54) is 37.7 Å². The molecular formula is C27H35N5O10S2. The van der Waals surface area contributed by atoms with Crippen molar-refractivity contribution in [2.45, 2.75) is 43.7 Å². The fourth-order valence-electron chi connectivity index (χ4n) is 5.71. The molecule has 3 aliphatic heterocycles. The van der Waals surface area contributed by atoms with Gasteiger partial charge in [-0.2, -0.15) is 0 Å². The number of β-lactam (4-membered cyclic amide) rings is 1. The fourth-order valence-corrected chi connectivity index (χ4v) is 8.03. The highest BCUT2D eigenvalue weighted by molar-refractivity contribution is 8.03. The summed E-state index contributed by atoms with van der Waals surface area (Å²) in [5, 5.41) is 23.7. The molecular weight excluding hydrogens is 618 g/mol. The van der Waals surface area contributed by atoms with Crippen molar-refractivity contribution in [3.63, 3.8) is 0 Å². The number of nitrogens with zero attached hydrogens (tertiary/aromatic N) is 4. The molecule has 1 aromatic rings. The molecule has 44 heavy (non-hydrogen) atoms. The van der Waals surface area contributed by atoms with Crippen LogP contribution in [0.15, 0.2) is 34.9 Å². The van der Waals surface area contributed by atoms with Crippen LogP contribution in [0.3, 0.4) is 0 Å². The first-order valence-corrected chi connectivity index (χ1v) is 16.3. The number of sulfonamides is 1. The molecule has 4 rings (SSSR count). The van der Waals surface area contributed by atoms with E-state index in [2.05, 4.69) is 5.32 Å². The number of ether oxygens (including phenoxy) is 1. The molecule has 0 saturated carbocycles. The molecule has 2 fully saturated rings. The normalized spacial score (nSPS) is 25.9. The molecule has 0 spiro atoms. The lowest BCUT2D eigenvalue weighted by Gasteiger charge is -2.46. The van der Waals surface area contributed by atoms with Gasteiger partial charge in [-0.1, -0.05) is 6.92 Å². The smallest absolute Gasteiger partial charge is 0.363 e. The van der Waals surface area contributed by atoms with Crippen LogP contribution < -0.4 is 5.32 Å². The van der Waals surface area contributed by atoms with Crippen molar-refractivity contribution < 1.29 is 42.4 Å². The molecule has 2 saturated heterocycles. The third-order valence-corrected chi connectivity index (χ3v) is 11.4. The van der Waals surface area contributed by atoms with Crippen LogP contribution in [-0.2, 0) is 29.1 Å². The van der Waals surface area contributed by atoms with Gasteiger partial charge >= 0.3 is 11.9 Å². The number of carbonyl (C=O) groups is 4. The third kappa shape index (κ3) is 6.51. The Morgan fingerprint density at radius 2 is 1.86 bits per heavy atom. The molecule has 0 unspecified atom stereocenters. The number of nitrogens with one attached hydrogen (secondary N) is 1. The van der Waals surface area contributed by atoms with E-state index in [4.69, 9.17) is 4.74 Å².